The Labute approximate surface area is 96.1 Å². The average Bonchev–Trinajstić information content (AvgIpc) is 2.16. The van der Waals surface area contributed by atoms with Crippen LogP contribution < -0.4 is 10.5 Å². The topological polar surface area (TPSA) is 95.5 Å². The quantitative estimate of drug-likeness (QED) is 0.641. The van der Waals surface area contributed by atoms with Gasteiger partial charge in [-0.2, -0.15) is 0 Å². The number of nitro groups is 1. The fraction of sp³-hybridized carbons (Fsp3) is 0.222. The molecule has 0 radical (unpaired) electrons. The van der Waals surface area contributed by atoms with E-state index < -0.39 is 16.9 Å². The van der Waals surface area contributed by atoms with Gasteiger partial charge >= 0.3 is 0 Å². The molecule has 1 aromatic carbocycles. The third kappa shape index (κ3) is 2.83. The van der Waals surface area contributed by atoms with Crippen molar-refractivity contribution in [1.29, 1.82) is 0 Å². The van der Waals surface area contributed by atoms with Crippen LogP contribution in [0.25, 0.3) is 0 Å². The van der Waals surface area contributed by atoms with E-state index in [2.05, 4.69) is 0 Å². The zero-order valence-corrected chi connectivity index (χ0v) is 9.10. The molecule has 0 bridgehead atoms. The predicted octanol–water partition coefficient (Wildman–Crippen LogP) is 1.50. The minimum absolute atomic E-state index is 0.0563. The minimum Gasteiger partial charge on any atom is -0.481 e. The molecule has 86 valence electrons. The molecule has 0 fully saturated rings. The second-order valence-electron chi connectivity index (χ2n) is 3.03. The van der Waals surface area contributed by atoms with E-state index in [1.54, 1.807) is 0 Å². The number of carbonyl (C=O) groups excluding carboxylic acids is 1. The monoisotopic (exact) mass is 244 g/mol. The van der Waals surface area contributed by atoms with E-state index in [-0.39, 0.29) is 16.5 Å². The Morgan fingerprint density at radius 2 is 2.25 bits per heavy atom. The summed E-state index contributed by atoms with van der Waals surface area (Å²) in [6.07, 6.45) is -0.822. The standard InChI is InChI=1S/C9H9ClN2O4/c1-5(9(11)13)16-6-2-3-8(12(14)15)7(10)4-6/h2-5H,1H3,(H2,11,13). The first-order chi connectivity index (χ1) is 7.41. The molecule has 0 aliphatic heterocycles. The first kappa shape index (κ1) is 12.3. The molecule has 1 amide bonds. The normalized spacial score (nSPS) is 11.9. The number of rotatable bonds is 4. The molecule has 0 saturated carbocycles. The molecule has 0 aliphatic carbocycles. The first-order valence-corrected chi connectivity index (χ1v) is 4.69. The van der Waals surface area contributed by atoms with Crippen LogP contribution in [0.5, 0.6) is 5.75 Å². The Bertz CT molecular complexity index is 436. The fourth-order valence-electron chi connectivity index (χ4n) is 0.971. The second kappa shape index (κ2) is 4.80. The van der Waals surface area contributed by atoms with E-state index in [1.807, 2.05) is 0 Å². The minimum atomic E-state index is -0.822. The lowest BCUT2D eigenvalue weighted by atomic mass is 10.3. The van der Waals surface area contributed by atoms with E-state index in [4.69, 9.17) is 22.1 Å². The number of nitrogens with zero attached hydrogens (tertiary/aromatic N) is 1. The number of halogens is 1. The zero-order valence-electron chi connectivity index (χ0n) is 8.34. The summed E-state index contributed by atoms with van der Waals surface area (Å²) in [6, 6.07) is 3.81. The van der Waals surface area contributed by atoms with Gasteiger partial charge in [0, 0.05) is 12.1 Å². The van der Waals surface area contributed by atoms with Gasteiger partial charge < -0.3 is 10.5 Å². The maximum absolute atomic E-state index is 10.7. The van der Waals surface area contributed by atoms with Crippen LogP contribution in [0.1, 0.15) is 6.92 Å². The third-order valence-electron chi connectivity index (χ3n) is 1.83. The van der Waals surface area contributed by atoms with Crippen molar-refractivity contribution in [2.45, 2.75) is 13.0 Å². The summed E-state index contributed by atoms with van der Waals surface area (Å²) < 4.78 is 5.11. The maximum atomic E-state index is 10.7. The number of primary amides is 1. The third-order valence-corrected chi connectivity index (χ3v) is 2.13. The van der Waals surface area contributed by atoms with Gasteiger partial charge in [-0.1, -0.05) is 11.6 Å². The summed E-state index contributed by atoms with van der Waals surface area (Å²) in [4.78, 5) is 20.6. The van der Waals surface area contributed by atoms with Crippen molar-refractivity contribution in [3.8, 4) is 5.75 Å². The molecule has 0 aromatic heterocycles. The molecule has 16 heavy (non-hydrogen) atoms. The second-order valence-corrected chi connectivity index (χ2v) is 3.44. The Morgan fingerprint density at radius 3 is 2.69 bits per heavy atom. The summed E-state index contributed by atoms with van der Waals surface area (Å²) >= 11 is 5.65. The van der Waals surface area contributed by atoms with Crippen LogP contribution in [0.15, 0.2) is 18.2 Å². The van der Waals surface area contributed by atoms with Crippen molar-refractivity contribution >= 4 is 23.2 Å². The van der Waals surface area contributed by atoms with Crippen LogP contribution in [-0.4, -0.2) is 16.9 Å². The molecule has 0 saturated heterocycles. The predicted molar refractivity (Wildman–Crippen MR) is 57.4 cm³/mol. The highest BCUT2D eigenvalue weighted by atomic mass is 35.5. The summed E-state index contributed by atoms with van der Waals surface area (Å²) in [5.41, 5.74) is 4.77. The van der Waals surface area contributed by atoms with Crippen LogP contribution in [-0.2, 0) is 4.79 Å². The van der Waals surface area contributed by atoms with E-state index in [0.29, 0.717) is 0 Å². The number of nitrogens with two attached hydrogens (primary N) is 1. The van der Waals surface area contributed by atoms with Crippen LogP contribution in [0.3, 0.4) is 0 Å². The molecule has 1 unspecified atom stereocenters. The molecule has 1 atom stereocenters. The highest BCUT2D eigenvalue weighted by Gasteiger charge is 2.15. The van der Waals surface area contributed by atoms with Crippen molar-refractivity contribution in [3.63, 3.8) is 0 Å². The molecule has 0 heterocycles. The summed E-state index contributed by atoms with van der Waals surface area (Å²) in [5, 5.41) is 10.4. The van der Waals surface area contributed by atoms with Gasteiger partial charge in [0.2, 0.25) is 0 Å². The number of carbonyl (C=O) groups is 1. The number of benzene rings is 1. The van der Waals surface area contributed by atoms with Gasteiger partial charge in [0.05, 0.1) is 4.92 Å². The Kier molecular flexibility index (Phi) is 3.68. The summed E-state index contributed by atoms with van der Waals surface area (Å²) in [5.74, 6) is -0.378. The van der Waals surface area contributed by atoms with E-state index in [0.717, 1.165) is 0 Å². The van der Waals surface area contributed by atoms with Gasteiger partial charge in [-0.25, -0.2) is 0 Å². The molecule has 1 aromatic rings. The van der Waals surface area contributed by atoms with Crippen molar-refractivity contribution < 1.29 is 14.5 Å². The highest BCUT2D eigenvalue weighted by molar-refractivity contribution is 6.32. The van der Waals surface area contributed by atoms with Crippen molar-refractivity contribution in [2.75, 3.05) is 0 Å². The van der Waals surface area contributed by atoms with E-state index >= 15 is 0 Å². The molecule has 1 rings (SSSR count). The smallest absolute Gasteiger partial charge is 0.288 e. The average molecular weight is 245 g/mol. The Morgan fingerprint density at radius 1 is 1.62 bits per heavy atom. The van der Waals surface area contributed by atoms with Crippen LogP contribution >= 0.6 is 11.6 Å². The van der Waals surface area contributed by atoms with Gasteiger partial charge in [-0.15, -0.1) is 0 Å². The molecule has 7 heteroatoms. The van der Waals surface area contributed by atoms with Crippen molar-refractivity contribution in [2.24, 2.45) is 5.73 Å². The molecule has 6 nitrogen and oxygen atoms in total. The zero-order chi connectivity index (χ0) is 12.3. The molecule has 0 aliphatic rings. The van der Waals surface area contributed by atoms with Gasteiger partial charge in [0.1, 0.15) is 10.8 Å². The van der Waals surface area contributed by atoms with Crippen LogP contribution in [0, 0.1) is 10.1 Å². The Hall–Kier alpha value is -1.82. The lowest BCUT2D eigenvalue weighted by Crippen LogP contribution is -2.30. The highest BCUT2D eigenvalue weighted by Crippen LogP contribution is 2.28. The summed E-state index contributed by atoms with van der Waals surface area (Å²) in [7, 11) is 0. The maximum Gasteiger partial charge on any atom is 0.288 e. The van der Waals surface area contributed by atoms with Gasteiger partial charge in [-0.3, -0.25) is 14.9 Å². The number of hydrogen-bond donors (Lipinski definition) is 1. The number of hydrogen-bond acceptors (Lipinski definition) is 4. The summed E-state index contributed by atoms with van der Waals surface area (Å²) in [6.45, 7) is 1.47. The lowest BCUT2D eigenvalue weighted by Gasteiger charge is -2.10. The molecular weight excluding hydrogens is 236 g/mol. The van der Waals surface area contributed by atoms with Crippen molar-refractivity contribution in [1.82, 2.24) is 0 Å². The molecule has 0 spiro atoms. The first-order valence-electron chi connectivity index (χ1n) is 4.31. The Balaban J connectivity index is 2.89. The van der Waals surface area contributed by atoms with Gasteiger partial charge in [0.25, 0.3) is 11.6 Å². The van der Waals surface area contributed by atoms with E-state index in [9.17, 15) is 14.9 Å². The number of nitro benzene ring substituents is 1. The SMILES string of the molecule is CC(Oc1ccc([N+](=O)[O-])c(Cl)c1)C(N)=O. The fourth-order valence-corrected chi connectivity index (χ4v) is 1.21. The van der Waals surface area contributed by atoms with Gasteiger partial charge in [0.15, 0.2) is 6.10 Å². The molecule has 2 N–H and O–H groups in total. The van der Waals surface area contributed by atoms with Crippen LogP contribution in [0.4, 0.5) is 5.69 Å². The molecular formula is C9H9ClN2O4. The van der Waals surface area contributed by atoms with Crippen LogP contribution in [0.2, 0.25) is 5.02 Å². The number of amides is 1. The van der Waals surface area contributed by atoms with Crippen molar-refractivity contribution in [3.05, 3.63) is 33.3 Å². The lowest BCUT2D eigenvalue weighted by molar-refractivity contribution is -0.384. The van der Waals surface area contributed by atoms with E-state index in [1.165, 1.54) is 25.1 Å². The van der Waals surface area contributed by atoms with Gasteiger partial charge in [-0.05, 0) is 13.0 Å². The largest absolute Gasteiger partial charge is 0.481 e. The number of ether oxygens (including phenoxy) is 1.